The van der Waals surface area contributed by atoms with E-state index in [0.29, 0.717) is 10.4 Å². The molecule has 2 nitrogen and oxygen atoms in total. The third-order valence-electron chi connectivity index (χ3n) is 2.41. The van der Waals surface area contributed by atoms with Crippen molar-refractivity contribution < 1.29 is 13.2 Å². The predicted octanol–water partition coefficient (Wildman–Crippen LogP) is 3.80. The molecule has 1 aromatic carbocycles. The average Bonchev–Trinajstić information content (AvgIpc) is 2.19. The van der Waals surface area contributed by atoms with Crippen molar-refractivity contribution in [3.63, 3.8) is 0 Å². The molecule has 2 aromatic rings. The summed E-state index contributed by atoms with van der Waals surface area (Å²) >= 11 is 5.84. The molecule has 0 aliphatic heterocycles. The van der Waals surface area contributed by atoms with E-state index in [1.54, 1.807) is 13.0 Å². The zero-order valence-electron chi connectivity index (χ0n) is 8.77. The van der Waals surface area contributed by atoms with Gasteiger partial charge in [0.05, 0.1) is 5.52 Å². The third kappa shape index (κ3) is 2.15. The standard InChI is InChI=1S/C11H8ClF3N2/c1-5-2-6-8(16)4-10(11(13,14)15)17-9(6)3-7(5)12/h2-4H,1H3,(H2,16,17). The van der Waals surface area contributed by atoms with Crippen molar-refractivity contribution >= 4 is 28.2 Å². The Balaban J connectivity index is 2.78. The maximum absolute atomic E-state index is 12.5. The highest BCUT2D eigenvalue weighted by molar-refractivity contribution is 6.32. The highest BCUT2D eigenvalue weighted by Crippen LogP contribution is 2.33. The highest BCUT2D eigenvalue weighted by atomic mass is 35.5. The number of hydrogen-bond donors (Lipinski definition) is 1. The molecule has 0 amide bonds. The van der Waals surface area contributed by atoms with Crippen molar-refractivity contribution in [2.75, 3.05) is 5.73 Å². The quantitative estimate of drug-likeness (QED) is 0.782. The van der Waals surface area contributed by atoms with Gasteiger partial charge in [0.15, 0.2) is 0 Å². The first kappa shape index (κ1) is 12.0. The van der Waals surface area contributed by atoms with Crippen molar-refractivity contribution in [3.05, 3.63) is 34.5 Å². The second-order valence-corrected chi connectivity index (χ2v) is 4.12. The van der Waals surface area contributed by atoms with Gasteiger partial charge in [-0.2, -0.15) is 13.2 Å². The Morgan fingerprint density at radius 2 is 1.88 bits per heavy atom. The Morgan fingerprint density at radius 3 is 2.47 bits per heavy atom. The average molecular weight is 261 g/mol. The number of nitrogens with zero attached hydrogens (tertiary/aromatic N) is 1. The van der Waals surface area contributed by atoms with Crippen LogP contribution in [-0.2, 0) is 6.18 Å². The minimum Gasteiger partial charge on any atom is -0.398 e. The van der Waals surface area contributed by atoms with E-state index in [1.165, 1.54) is 6.07 Å². The largest absolute Gasteiger partial charge is 0.433 e. The summed E-state index contributed by atoms with van der Waals surface area (Å²) in [6, 6.07) is 3.84. The molecule has 0 atom stereocenters. The van der Waals surface area contributed by atoms with E-state index in [0.717, 1.165) is 11.6 Å². The van der Waals surface area contributed by atoms with E-state index in [4.69, 9.17) is 17.3 Å². The molecule has 1 aromatic heterocycles. The molecule has 0 unspecified atom stereocenters. The van der Waals surface area contributed by atoms with E-state index in [-0.39, 0.29) is 11.2 Å². The molecule has 0 spiro atoms. The SMILES string of the molecule is Cc1cc2c(N)cc(C(F)(F)F)nc2cc1Cl. The van der Waals surface area contributed by atoms with Crippen LogP contribution in [0.25, 0.3) is 10.9 Å². The van der Waals surface area contributed by atoms with Crippen LogP contribution in [0, 0.1) is 6.92 Å². The molecule has 2 N–H and O–H groups in total. The molecule has 0 saturated carbocycles. The second kappa shape index (κ2) is 3.77. The number of aryl methyl sites for hydroxylation is 1. The molecule has 0 aliphatic carbocycles. The fraction of sp³-hybridized carbons (Fsp3) is 0.182. The zero-order chi connectivity index (χ0) is 12.8. The Morgan fingerprint density at radius 1 is 1.24 bits per heavy atom. The number of hydrogen-bond acceptors (Lipinski definition) is 2. The zero-order valence-corrected chi connectivity index (χ0v) is 9.52. The number of nitrogens with two attached hydrogens (primary N) is 1. The van der Waals surface area contributed by atoms with Crippen LogP contribution in [0.2, 0.25) is 5.02 Å². The van der Waals surface area contributed by atoms with E-state index >= 15 is 0 Å². The van der Waals surface area contributed by atoms with Crippen molar-refractivity contribution in [2.24, 2.45) is 0 Å². The minimum absolute atomic E-state index is 0.0436. The van der Waals surface area contributed by atoms with Gasteiger partial charge >= 0.3 is 6.18 Å². The van der Waals surface area contributed by atoms with Gasteiger partial charge in [-0.05, 0) is 30.7 Å². The van der Waals surface area contributed by atoms with Gasteiger partial charge in [0.1, 0.15) is 5.69 Å². The first-order valence-corrected chi connectivity index (χ1v) is 5.10. The highest BCUT2D eigenvalue weighted by Gasteiger charge is 2.33. The van der Waals surface area contributed by atoms with Crippen molar-refractivity contribution in [1.82, 2.24) is 4.98 Å². The monoisotopic (exact) mass is 260 g/mol. The van der Waals surface area contributed by atoms with Crippen molar-refractivity contribution in [2.45, 2.75) is 13.1 Å². The molecule has 0 fully saturated rings. The Bertz CT molecular complexity index is 593. The van der Waals surface area contributed by atoms with Gasteiger partial charge < -0.3 is 5.73 Å². The first-order chi connectivity index (χ1) is 7.79. The van der Waals surface area contributed by atoms with Gasteiger partial charge in [-0.15, -0.1) is 0 Å². The molecule has 0 saturated heterocycles. The second-order valence-electron chi connectivity index (χ2n) is 3.71. The van der Waals surface area contributed by atoms with Crippen LogP contribution in [0.1, 0.15) is 11.3 Å². The van der Waals surface area contributed by atoms with E-state index in [9.17, 15) is 13.2 Å². The van der Waals surface area contributed by atoms with E-state index in [2.05, 4.69) is 4.98 Å². The molecule has 0 aliphatic rings. The molecule has 2 rings (SSSR count). The molecule has 0 radical (unpaired) electrons. The fourth-order valence-electron chi connectivity index (χ4n) is 1.53. The Hall–Kier alpha value is -1.49. The van der Waals surface area contributed by atoms with Gasteiger partial charge in [0.2, 0.25) is 0 Å². The van der Waals surface area contributed by atoms with Crippen LogP contribution in [0.4, 0.5) is 18.9 Å². The lowest BCUT2D eigenvalue weighted by Crippen LogP contribution is -2.09. The number of halogens is 4. The summed E-state index contributed by atoms with van der Waals surface area (Å²) in [7, 11) is 0. The smallest absolute Gasteiger partial charge is 0.398 e. The molecule has 17 heavy (non-hydrogen) atoms. The third-order valence-corrected chi connectivity index (χ3v) is 2.82. The number of nitrogen functional groups attached to an aromatic ring is 1. The molecule has 1 heterocycles. The summed E-state index contributed by atoms with van der Waals surface area (Å²) < 4.78 is 37.6. The van der Waals surface area contributed by atoms with Gasteiger partial charge in [-0.1, -0.05) is 11.6 Å². The number of benzene rings is 1. The molecule has 0 bridgehead atoms. The molecular formula is C11H8ClF3N2. The lowest BCUT2D eigenvalue weighted by atomic mass is 10.1. The van der Waals surface area contributed by atoms with Gasteiger partial charge in [0, 0.05) is 16.1 Å². The summed E-state index contributed by atoms with van der Waals surface area (Å²) in [5.41, 5.74) is 5.51. The summed E-state index contributed by atoms with van der Waals surface area (Å²) in [6.07, 6.45) is -4.51. The van der Waals surface area contributed by atoms with Gasteiger partial charge in [-0.3, -0.25) is 0 Å². The Labute approximate surface area is 100 Å². The lowest BCUT2D eigenvalue weighted by Gasteiger charge is -2.10. The van der Waals surface area contributed by atoms with Crippen LogP contribution in [0.3, 0.4) is 0 Å². The van der Waals surface area contributed by atoms with Crippen LogP contribution >= 0.6 is 11.6 Å². The number of pyridine rings is 1. The first-order valence-electron chi connectivity index (χ1n) is 4.72. The van der Waals surface area contributed by atoms with Crippen molar-refractivity contribution in [3.8, 4) is 0 Å². The summed E-state index contributed by atoms with van der Waals surface area (Å²) in [5.74, 6) is 0. The maximum Gasteiger partial charge on any atom is 0.433 e. The molecular weight excluding hydrogens is 253 g/mol. The van der Waals surface area contributed by atoms with E-state index < -0.39 is 11.9 Å². The molecule has 6 heteroatoms. The summed E-state index contributed by atoms with van der Waals surface area (Å²) in [4.78, 5) is 3.52. The minimum atomic E-state index is -4.51. The predicted molar refractivity (Wildman–Crippen MR) is 60.9 cm³/mol. The van der Waals surface area contributed by atoms with Crippen LogP contribution in [0.15, 0.2) is 18.2 Å². The van der Waals surface area contributed by atoms with Crippen LogP contribution in [0.5, 0.6) is 0 Å². The topological polar surface area (TPSA) is 38.9 Å². The number of anilines is 1. The van der Waals surface area contributed by atoms with Crippen molar-refractivity contribution in [1.29, 1.82) is 0 Å². The van der Waals surface area contributed by atoms with Gasteiger partial charge in [-0.25, -0.2) is 4.98 Å². The van der Waals surface area contributed by atoms with Crippen LogP contribution in [-0.4, -0.2) is 4.98 Å². The fourth-order valence-corrected chi connectivity index (χ4v) is 1.68. The number of alkyl halides is 3. The lowest BCUT2D eigenvalue weighted by molar-refractivity contribution is -0.140. The molecule has 90 valence electrons. The number of fused-ring (bicyclic) bond motifs is 1. The Kier molecular flexibility index (Phi) is 2.66. The summed E-state index contributed by atoms with van der Waals surface area (Å²) in [6.45, 7) is 1.75. The van der Waals surface area contributed by atoms with E-state index in [1.807, 2.05) is 0 Å². The normalized spacial score (nSPS) is 12.1. The van der Waals surface area contributed by atoms with Gasteiger partial charge in [0.25, 0.3) is 0 Å². The van der Waals surface area contributed by atoms with Crippen LogP contribution < -0.4 is 5.73 Å². The maximum atomic E-state index is 12.5. The number of aromatic nitrogens is 1. The summed E-state index contributed by atoms with van der Waals surface area (Å²) in [5, 5.41) is 0.837. The number of rotatable bonds is 0.